The van der Waals surface area contributed by atoms with Gasteiger partial charge in [-0.25, -0.2) is 9.78 Å². The summed E-state index contributed by atoms with van der Waals surface area (Å²) >= 11 is 0. The predicted octanol–water partition coefficient (Wildman–Crippen LogP) is 3.91. The first-order chi connectivity index (χ1) is 15.2. The Morgan fingerprint density at radius 1 is 1.44 bits per heavy atom. The minimum atomic E-state index is -0.457. The Morgan fingerprint density at radius 2 is 2.19 bits per heavy atom. The molecule has 8 heteroatoms. The van der Waals surface area contributed by atoms with E-state index < -0.39 is 6.09 Å². The number of imidazole rings is 1. The molecule has 0 aromatic carbocycles. The van der Waals surface area contributed by atoms with Gasteiger partial charge in [0.2, 0.25) is 0 Å². The number of hydrogen-bond acceptors (Lipinski definition) is 6. The quantitative estimate of drug-likeness (QED) is 0.463. The molecule has 3 fully saturated rings. The van der Waals surface area contributed by atoms with E-state index in [2.05, 4.69) is 42.1 Å². The third kappa shape index (κ3) is 4.45. The molecule has 1 saturated carbocycles. The van der Waals surface area contributed by atoms with Crippen molar-refractivity contribution >= 4 is 6.09 Å². The van der Waals surface area contributed by atoms with Crippen molar-refractivity contribution in [2.24, 2.45) is 11.8 Å². The van der Waals surface area contributed by atoms with Gasteiger partial charge in [-0.15, -0.1) is 0 Å². The lowest BCUT2D eigenvalue weighted by molar-refractivity contribution is -0.118. The van der Waals surface area contributed by atoms with E-state index in [0.29, 0.717) is 18.9 Å². The number of allylic oxidation sites excluding steroid dienone is 1. The zero-order valence-corrected chi connectivity index (χ0v) is 20.0. The van der Waals surface area contributed by atoms with Crippen LogP contribution in [0.5, 0.6) is 0 Å². The lowest BCUT2D eigenvalue weighted by Gasteiger charge is -2.42. The van der Waals surface area contributed by atoms with E-state index in [1.807, 2.05) is 13.8 Å². The number of nitrogens with zero attached hydrogens (tertiary/aromatic N) is 1. The minimum Gasteiger partial charge on any atom is -0.443 e. The molecule has 0 radical (unpaired) electrons. The Kier molecular flexibility index (Phi) is 6.40. The number of epoxide rings is 2. The number of H-pyrrole nitrogens is 1. The molecule has 1 aromatic heterocycles. The lowest BCUT2D eigenvalue weighted by atomic mass is 9.68. The van der Waals surface area contributed by atoms with Crippen molar-refractivity contribution in [3.8, 4) is 0 Å². The number of carbonyl (C=O) groups excluding carboxylic acids is 1. The second kappa shape index (κ2) is 8.80. The highest BCUT2D eigenvalue weighted by molar-refractivity contribution is 5.68. The number of amides is 1. The molecule has 1 spiro atoms. The summed E-state index contributed by atoms with van der Waals surface area (Å²) in [7, 11) is 1.68. The number of methoxy groups -OCH3 is 1. The van der Waals surface area contributed by atoms with Gasteiger partial charge in [0.25, 0.3) is 0 Å². The molecule has 7 atom stereocenters. The van der Waals surface area contributed by atoms with Gasteiger partial charge in [0.05, 0.1) is 24.7 Å². The van der Waals surface area contributed by atoms with Crippen molar-refractivity contribution in [1.82, 2.24) is 15.3 Å². The van der Waals surface area contributed by atoms with Gasteiger partial charge < -0.3 is 29.2 Å². The molecule has 3 aliphatic rings. The smallest absolute Gasteiger partial charge is 0.408 e. The van der Waals surface area contributed by atoms with Gasteiger partial charge in [-0.2, -0.15) is 0 Å². The average molecular weight is 448 g/mol. The van der Waals surface area contributed by atoms with E-state index >= 15 is 0 Å². The molecule has 2 aliphatic heterocycles. The highest BCUT2D eigenvalue weighted by Crippen LogP contribution is 2.59. The maximum atomic E-state index is 12.9. The van der Waals surface area contributed by atoms with Crippen LogP contribution in [0.4, 0.5) is 4.79 Å². The SMILES string of the molecule is CO[C@@H]1[C@H](OC(=O)N[C@H](c2ncc[nH]2)C(C)C)CC[C@]2(CO2)[C@H]1[C@@]1(C)O[C@@H]1CC=C(C)C. The van der Waals surface area contributed by atoms with E-state index in [1.54, 1.807) is 19.5 Å². The number of nitrogens with one attached hydrogen (secondary N) is 2. The molecule has 2 N–H and O–H groups in total. The summed E-state index contributed by atoms with van der Waals surface area (Å²) < 4.78 is 24.1. The van der Waals surface area contributed by atoms with Crippen molar-refractivity contribution in [2.75, 3.05) is 13.7 Å². The number of ether oxygens (including phenoxy) is 4. The molecule has 2 saturated heterocycles. The summed E-state index contributed by atoms with van der Waals surface area (Å²) in [6, 6.07) is -0.256. The van der Waals surface area contributed by atoms with Crippen molar-refractivity contribution < 1.29 is 23.7 Å². The summed E-state index contributed by atoms with van der Waals surface area (Å²) in [5, 5.41) is 2.98. The molecular weight excluding hydrogens is 410 g/mol. The summed E-state index contributed by atoms with van der Waals surface area (Å²) in [6.45, 7) is 11.1. The number of rotatable bonds is 8. The fourth-order valence-electron chi connectivity index (χ4n) is 5.37. The number of carbonyl (C=O) groups is 1. The maximum absolute atomic E-state index is 12.9. The number of aromatic nitrogens is 2. The highest BCUT2D eigenvalue weighted by atomic mass is 16.6. The van der Waals surface area contributed by atoms with Gasteiger partial charge >= 0.3 is 6.09 Å². The van der Waals surface area contributed by atoms with E-state index in [-0.39, 0.29) is 47.4 Å². The molecular formula is C24H37N3O5. The number of aromatic amines is 1. The van der Waals surface area contributed by atoms with Crippen LogP contribution in [0, 0.1) is 11.8 Å². The number of alkyl carbamates (subject to hydrolysis) is 1. The molecule has 8 nitrogen and oxygen atoms in total. The largest absolute Gasteiger partial charge is 0.443 e. The second-order valence-corrected chi connectivity index (χ2v) is 10.2. The zero-order valence-electron chi connectivity index (χ0n) is 20.0. The Balaban J connectivity index is 1.46. The molecule has 32 heavy (non-hydrogen) atoms. The molecule has 0 bridgehead atoms. The van der Waals surface area contributed by atoms with Crippen LogP contribution in [0.15, 0.2) is 24.0 Å². The van der Waals surface area contributed by atoms with Gasteiger partial charge in [-0.1, -0.05) is 25.5 Å². The average Bonchev–Trinajstić information content (AvgIpc) is 3.57. The normalized spacial score (nSPS) is 36.6. The fraction of sp³-hybridized carbons (Fsp3) is 0.750. The molecule has 3 heterocycles. The van der Waals surface area contributed by atoms with Gasteiger partial charge in [0, 0.05) is 19.5 Å². The first-order valence-electron chi connectivity index (χ1n) is 11.6. The standard InChI is InChI=1S/C24H37N3O5/c1-14(2)7-8-17-23(5,32-17)20-19(29-6)16(9-10-24(20)13-30-24)31-22(28)27-18(15(3)4)21-25-11-12-26-21/h7,11-12,15-20H,8-10,13H2,1-6H3,(H,25,26)(H,27,28)/t16-,17-,18+,19-,20-,23+,24+/m1/s1. The molecule has 1 amide bonds. The Bertz CT molecular complexity index is 831. The van der Waals surface area contributed by atoms with Crippen LogP contribution in [0.3, 0.4) is 0 Å². The second-order valence-electron chi connectivity index (χ2n) is 10.2. The van der Waals surface area contributed by atoms with Crippen LogP contribution < -0.4 is 5.32 Å². The van der Waals surface area contributed by atoms with Gasteiger partial charge in [0.15, 0.2) is 0 Å². The van der Waals surface area contributed by atoms with Crippen LogP contribution in [-0.2, 0) is 18.9 Å². The van der Waals surface area contributed by atoms with Gasteiger partial charge in [-0.05, 0) is 46.0 Å². The molecule has 178 valence electrons. The molecule has 1 aliphatic carbocycles. The van der Waals surface area contributed by atoms with Crippen molar-refractivity contribution in [3.05, 3.63) is 29.9 Å². The summed E-state index contributed by atoms with van der Waals surface area (Å²) in [5.74, 6) is 0.880. The maximum Gasteiger partial charge on any atom is 0.408 e. The van der Waals surface area contributed by atoms with Crippen molar-refractivity contribution in [3.63, 3.8) is 0 Å². The van der Waals surface area contributed by atoms with Crippen LogP contribution in [-0.4, -0.2) is 59.3 Å². The van der Waals surface area contributed by atoms with Crippen LogP contribution in [0.25, 0.3) is 0 Å². The van der Waals surface area contributed by atoms with Crippen LogP contribution in [0.2, 0.25) is 0 Å². The third-order valence-corrected chi connectivity index (χ3v) is 7.25. The Hall–Kier alpha value is -1.90. The number of hydrogen-bond donors (Lipinski definition) is 2. The van der Waals surface area contributed by atoms with Gasteiger partial charge in [-0.3, -0.25) is 0 Å². The lowest BCUT2D eigenvalue weighted by Crippen LogP contribution is -2.56. The monoisotopic (exact) mass is 447 g/mol. The third-order valence-electron chi connectivity index (χ3n) is 7.25. The van der Waals surface area contributed by atoms with Crippen molar-refractivity contribution in [2.45, 2.75) is 89.4 Å². The first kappa shape index (κ1) is 23.3. The highest BCUT2D eigenvalue weighted by Gasteiger charge is 2.72. The van der Waals surface area contributed by atoms with E-state index in [1.165, 1.54) is 5.57 Å². The summed E-state index contributed by atoms with van der Waals surface area (Å²) in [5.41, 5.74) is 0.692. The van der Waals surface area contributed by atoms with E-state index in [9.17, 15) is 4.79 Å². The zero-order chi connectivity index (χ0) is 23.1. The van der Waals surface area contributed by atoms with Gasteiger partial charge in [0.1, 0.15) is 29.2 Å². The first-order valence-corrected chi connectivity index (χ1v) is 11.6. The summed E-state index contributed by atoms with van der Waals surface area (Å²) in [4.78, 5) is 20.3. The molecule has 0 unspecified atom stereocenters. The van der Waals surface area contributed by atoms with Crippen LogP contribution >= 0.6 is 0 Å². The van der Waals surface area contributed by atoms with E-state index in [0.717, 1.165) is 12.8 Å². The van der Waals surface area contributed by atoms with Crippen LogP contribution in [0.1, 0.15) is 65.7 Å². The molecule has 1 aromatic rings. The predicted molar refractivity (Wildman–Crippen MR) is 119 cm³/mol. The Morgan fingerprint density at radius 3 is 2.75 bits per heavy atom. The minimum absolute atomic E-state index is 0.00748. The summed E-state index contributed by atoms with van der Waals surface area (Å²) in [6.07, 6.45) is 7.05. The Labute approximate surface area is 190 Å². The van der Waals surface area contributed by atoms with E-state index in [4.69, 9.17) is 18.9 Å². The fourth-order valence-corrected chi connectivity index (χ4v) is 5.37. The van der Waals surface area contributed by atoms with Crippen molar-refractivity contribution in [1.29, 1.82) is 0 Å². The molecule has 4 rings (SSSR count). The topological polar surface area (TPSA) is 101 Å².